The van der Waals surface area contributed by atoms with E-state index in [0.717, 1.165) is 16.0 Å². The molecule has 3 amide bonds. The molecule has 2 heterocycles. The number of imide groups is 1. The van der Waals surface area contributed by atoms with E-state index in [-0.39, 0.29) is 5.91 Å². The molecule has 7 heteroatoms. The Labute approximate surface area is 196 Å². The first kappa shape index (κ1) is 21.2. The standard InChI is InChI=1S/C26H21ClN2O4/c1-3-33-18-12-9-16(10-13-18)22-23(26(32)28(22)17-11-8-15(2)21(27)14-17)29-24(30)19-6-4-5-7-20(19)25(29)31/h4-14,22-23H,3H2,1-2H3/t22-,23+/m1/s1. The van der Waals surface area contributed by atoms with E-state index in [4.69, 9.17) is 16.3 Å². The van der Waals surface area contributed by atoms with Gasteiger partial charge in [-0.1, -0.05) is 41.9 Å². The van der Waals surface area contributed by atoms with E-state index in [0.29, 0.717) is 34.2 Å². The van der Waals surface area contributed by atoms with Crippen molar-refractivity contribution in [2.45, 2.75) is 25.9 Å². The number of amides is 3. The molecule has 166 valence electrons. The molecule has 0 aromatic heterocycles. The number of halogens is 1. The number of carbonyl (C=O) groups is 3. The fourth-order valence-corrected chi connectivity index (χ4v) is 4.64. The first-order valence-corrected chi connectivity index (χ1v) is 11.1. The van der Waals surface area contributed by atoms with Crippen molar-refractivity contribution >= 4 is 35.0 Å². The van der Waals surface area contributed by atoms with Crippen LogP contribution in [0.25, 0.3) is 0 Å². The Morgan fingerprint density at radius 1 is 0.848 bits per heavy atom. The van der Waals surface area contributed by atoms with E-state index >= 15 is 0 Å². The minimum absolute atomic E-state index is 0.317. The van der Waals surface area contributed by atoms with Gasteiger partial charge in [0.2, 0.25) is 0 Å². The fourth-order valence-electron chi connectivity index (χ4n) is 4.46. The normalized spacial score (nSPS) is 19.5. The summed E-state index contributed by atoms with van der Waals surface area (Å²) in [6.45, 7) is 4.32. The second-order valence-corrected chi connectivity index (χ2v) is 8.47. The molecule has 0 saturated carbocycles. The number of anilines is 1. The maximum Gasteiger partial charge on any atom is 0.262 e. The van der Waals surface area contributed by atoms with Crippen molar-refractivity contribution in [1.29, 1.82) is 0 Å². The maximum absolute atomic E-state index is 13.5. The van der Waals surface area contributed by atoms with E-state index < -0.39 is 23.9 Å². The van der Waals surface area contributed by atoms with Gasteiger partial charge in [0.05, 0.1) is 23.8 Å². The Morgan fingerprint density at radius 3 is 2.06 bits per heavy atom. The van der Waals surface area contributed by atoms with Gasteiger partial charge in [-0.25, -0.2) is 0 Å². The van der Waals surface area contributed by atoms with Crippen LogP contribution in [0.2, 0.25) is 5.02 Å². The van der Waals surface area contributed by atoms with Crippen LogP contribution >= 0.6 is 11.6 Å². The Bertz CT molecular complexity index is 1250. The van der Waals surface area contributed by atoms with Crippen molar-refractivity contribution < 1.29 is 19.1 Å². The Balaban J connectivity index is 1.57. The molecule has 6 nitrogen and oxygen atoms in total. The minimum Gasteiger partial charge on any atom is -0.494 e. The van der Waals surface area contributed by atoms with Crippen molar-refractivity contribution in [2.24, 2.45) is 0 Å². The highest BCUT2D eigenvalue weighted by molar-refractivity contribution is 6.32. The lowest BCUT2D eigenvalue weighted by molar-refractivity contribution is -0.130. The van der Waals surface area contributed by atoms with Gasteiger partial charge in [-0.05, 0) is 61.4 Å². The molecule has 2 atom stereocenters. The van der Waals surface area contributed by atoms with Crippen LogP contribution in [0.1, 0.15) is 44.8 Å². The van der Waals surface area contributed by atoms with Crippen LogP contribution in [-0.4, -0.2) is 35.3 Å². The number of nitrogens with zero attached hydrogens (tertiary/aromatic N) is 2. The third kappa shape index (κ3) is 3.29. The maximum atomic E-state index is 13.5. The van der Waals surface area contributed by atoms with Crippen LogP contribution < -0.4 is 9.64 Å². The molecule has 0 spiro atoms. The van der Waals surface area contributed by atoms with E-state index in [9.17, 15) is 14.4 Å². The zero-order valence-electron chi connectivity index (χ0n) is 18.1. The highest BCUT2D eigenvalue weighted by Crippen LogP contribution is 2.45. The molecule has 1 fully saturated rings. The number of ether oxygens (including phenoxy) is 1. The predicted octanol–water partition coefficient (Wildman–Crippen LogP) is 4.80. The van der Waals surface area contributed by atoms with Crippen molar-refractivity contribution in [1.82, 2.24) is 4.90 Å². The summed E-state index contributed by atoms with van der Waals surface area (Å²) in [5, 5.41) is 0.537. The van der Waals surface area contributed by atoms with Gasteiger partial charge in [-0.2, -0.15) is 0 Å². The largest absolute Gasteiger partial charge is 0.494 e. The number of hydrogen-bond acceptors (Lipinski definition) is 4. The summed E-state index contributed by atoms with van der Waals surface area (Å²) in [5.74, 6) is -0.532. The van der Waals surface area contributed by atoms with Gasteiger partial charge in [-0.3, -0.25) is 19.3 Å². The van der Waals surface area contributed by atoms with Crippen LogP contribution in [0.5, 0.6) is 5.75 Å². The lowest BCUT2D eigenvalue weighted by atomic mass is 9.86. The van der Waals surface area contributed by atoms with Gasteiger partial charge >= 0.3 is 0 Å². The summed E-state index contributed by atoms with van der Waals surface area (Å²) < 4.78 is 5.54. The summed E-state index contributed by atoms with van der Waals surface area (Å²) in [4.78, 5) is 42.4. The van der Waals surface area contributed by atoms with Crippen LogP contribution in [0.3, 0.4) is 0 Å². The van der Waals surface area contributed by atoms with E-state index in [1.54, 1.807) is 35.2 Å². The molecule has 0 N–H and O–H groups in total. The van der Waals surface area contributed by atoms with E-state index in [2.05, 4.69) is 0 Å². The Morgan fingerprint density at radius 2 is 1.48 bits per heavy atom. The molecular weight excluding hydrogens is 440 g/mol. The van der Waals surface area contributed by atoms with Gasteiger partial charge in [0.1, 0.15) is 11.8 Å². The lowest BCUT2D eigenvalue weighted by Crippen LogP contribution is -2.67. The molecule has 3 aromatic rings. The van der Waals surface area contributed by atoms with Gasteiger partial charge in [-0.15, -0.1) is 0 Å². The third-order valence-corrected chi connectivity index (χ3v) is 6.54. The van der Waals surface area contributed by atoms with Crippen molar-refractivity contribution in [3.63, 3.8) is 0 Å². The Hall–Kier alpha value is -3.64. The number of β-lactam (4-membered cyclic amide) rings is 1. The summed E-state index contributed by atoms with van der Waals surface area (Å²) in [7, 11) is 0. The van der Waals surface area contributed by atoms with Crippen molar-refractivity contribution in [2.75, 3.05) is 11.5 Å². The molecule has 2 aliphatic heterocycles. The molecule has 5 rings (SSSR count). The van der Waals surface area contributed by atoms with Crippen LogP contribution in [-0.2, 0) is 4.79 Å². The SMILES string of the molecule is CCOc1ccc([C@@H]2[C@H](N3C(=O)c4ccccc4C3=O)C(=O)N2c2ccc(C)c(Cl)c2)cc1. The number of aryl methyl sites for hydroxylation is 1. The number of hydrogen-bond donors (Lipinski definition) is 0. The summed E-state index contributed by atoms with van der Waals surface area (Å²) in [6.07, 6.45) is 0. The van der Waals surface area contributed by atoms with Gasteiger partial charge in [0, 0.05) is 10.7 Å². The van der Waals surface area contributed by atoms with E-state index in [1.165, 1.54) is 0 Å². The molecule has 1 saturated heterocycles. The fraction of sp³-hybridized carbons (Fsp3) is 0.192. The summed E-state index contributed by atoms with van der Waals surface area (Å²) in [6, 6.07) is 17.9. The lowest BCUT2D eigenvalue weighted by Gasteiger charge is -2.49. The molecule has 3 aromatic carbocycles. The quantitative estimate of drug-likeness (QED) is 0.405. The third-order valence-electron chi connectivity index (χ3n) is 6.14. The number of carbonyl (C=O) groups excluding carboxylic acids is 3. The van der Waals surface area contributed by atoms with Crippen LogP contribution in [0.4, 0.5) is 5.69 Å². The minimum atomic E-state index is -0.949. The molecular formula is C26H21ClN2O4. The van der Waals surface area contributed by atoms with Crippen molar-refractivity contribution in [3.8, 4) is 5.75 Å². The number of benzene rings is 3. The summed E-state index contributed by atoms with van der Waals surface area (Å²) >= 11 is 6.33. The first-order valence-electron chi connectivity index (χ1n) is 10.7. The van der Waals surface area contributed by atoms with Gasteiger partial charge in [0.25, 0.3) is 17.7 Å². The van der Waals surface area contributed by atoms with Crippen LogP contribution in [0.15, 0.2) is 66.7 Å². The molecule has 33 heavy (non-hydrogen) atoms. The monoisotopic (exact) mass is 460 g/mol. The molecule has 0 aliphatic carbocycles. The topological polar surface area (TPSA) is 66.9 Å². The Kier molecular flexibility index (Phi) is 5.17. The van der Waals surface area contributed by atoms with Crippen LogP contribution in [0, 0.1) is 6.92 Å². The summed E-state index contributed by atoms with van der Waals surface area (Å²) in [5.41, 5.74) is 2.93. The van der Waals surface area contributed by atoms with Gasteiger partial charge < -0.3 is 9.64 Å². The van der Waals surface area contributed by atoms with Crippen molar-refractivity contribution in [3.05, 3.63) is 94.0 Å². The zero-order valence-corrected chi connectivity index (χ0v) is 18.9. The predicted molar refractivity (Wildman–Crippen MR) is 125 cm³/mol. The average Bonchev–Trinajstić information content (AvgIpc) is 3.06. The highest BCUT2D eigenvalue weighted by atomic mass is 35.5. The second-order valence-electron chi connectivity index (χ2n) is 8.06. The molecule has 0 unspecified atom stereocenters. The first-order chi connectivity index (χ1) is 15.9. The number of rotatable bonds is 5. The highest BCUT2D eigenvalue weighted by Gasteiger charge is 2.57. The molecule has 0 bridgehead atoms. The van der Waals surface area contributed by atoms with Gasteiger partial charge in [0.15, 0.2) is 0 Å². The zero-order chi connectivity index (χ0) is 23.3. The molecule has 2 aliphatic rings. The smallest absolute Gasteiger partial charge is 0.262 e. The second kappa shape index (κ2) is 8.05. The molecule has 0 radical (unpaired) electrons. The average molecular weight is 461 g/mol. The number of fused-ring (bicyclic) bond motifs is 1. The van der Waals surface area contributed by atoms with E-state index in [1.807, 2.05) is 50.2 Å².